The molecule has 1 aliphatic rings. The third-order valence-corrected chi connectivity index (χ3v) is 7.84. The topological polar surface area (TPSA) is 123 Å². The molecule has 1 aromatic heterocycles. The molecule has 1 saturated heterocycles. The lowest BCUT2D eigenvalue weighted by atomic mass is 9.63. The molecular formula is C33H34N2O7. The lowest BCUT2D eigenvalue weighted by Gasteiger charge is -2.43. The van der Waals surface area contributed by atoms with Gasteiger partial charge in [0.05, 0.1) is 31.3 Å². The lowest BCUT2D eigenvalue weighted by molar-refractivity contribution is -0.0980. The van der Waals surface area contributed by atoms with E-state index in [-0.39, 0.29) is 12.0 Å². The van der Waals surface area contributed by atoms with Gasteiger partial charge >= 0.3 is 5.69 Å². The highest BCUT2D eigenvalue weighted by Crippen LogP contribution is 2.51. The smallest absolute Gasteiger partial charge is 0.330 e. The number of rotatable bonds is 9. The number of para-hydroxylation sites is 2. The third kappa shape index (κ3) is 4.96. The molecule has 1 aliphatic heterocycles. The van der Waals surface area contributed by atoms with E-state index in [0.29, 0.717) is 28.2 Å². The van der Waals surface area contributed by atoms with E-state index in [4.69, 9.17) is 14.2 Å². The standard InChI is InChI=1S/C33H34N2O7/c1-4-12-21-20-35(32(39)34-31(21)38)28-19-25(36)29(42-28)30(37)33(22-13-6-5-7-14-22,23-15-8-10-17-26(23)40-2)24-16-9-11-18-27(24)41-3/h4-18,20,25,28-30,36-37H,19H2,1-3H3,(H,34,38,39)/b12-4-/t25-,28+,29-,30?/m0/s1. The highest BCUT2D eigenvalue weighted by atomic mass is 16.5. The van der Waals surface area contributed by atoms with Crippen molar-refractivity contribution < 1.29 is 24.4 Å². The van der Waals surface area contributed by atoms with Crippen LogP contribution in [0.1, 0.15) is 41.8 Å². The van der Waals surface area contributed by atoms with Gasteiger partial charge in [-0.3, -0.25) is 14.3 Å². The number of aliphatic hydroxyl groups is 2. The third-order valence-electron chi connectivity index (χ3n) is 7.84. The molecule has 9 heteroatoms. The molecule has 4 atom stereocenters. The number of nitrogens with one attached hydrogen (secondary N) is 1. The average Bonchev–Trinajstić information content (AvgIpc) is 3.40. The van der Waals surface area contributed by atoms with Crippen LogP contribution in [0.3, 0.4) is 0 Å². The van der Waals surface area contributed by atoms with Crippen LogP contribution in [0.5, 0.6) is 11.5 Å². The van der Waals surface area contributed by atoms with Gasteiger partial charge in [-0.25, -0.2) is 4.79 Å². The summed E-state index contributed by atoms with van der Waals surface area (Å²) < 4.78 is 19.2. The Morgan fingerprint density at radius 3 is 2.10 bits per heavy atom. The average molecular weight is 571 g/mol. The first-order valence-corrected chi connectivity index (χ1v) is 13.7. The minimum absolute atomic E-state index is 0.00563. The zero-order valence-corrected chi connectivity index (χ0v) is 23.6. The van der Waals surface area contributed by atoms with Gasteiger partial charge in [0.2, 0.25) is 0 Å². The van der Waals surface area contributed by atoms with Gasteiger partial charge < -0.3 is 24.4 Å². The van der Waals surface area contributed by atoms with E-state index in [1.54, 1.807) is 33.3 Å². The molecule has 0 aliphatic carbocycles. The SMILES string of the molecule is C/C=C\c1cn([C@H]2C[C@H](O)[C@@H](C(O)C(c3ccccc3)(c3ccccc3OC)c3ccccc3OC)O2)c(=O)[nH]c1=O. The highest BCUT2D eigenvalue weighted by Gasteiger charge is 2.54. The number of benzene rings is 3. The van der Waals surface area contributed by atoms with Crippen LogP contribution in [0.25, 0.3) is 6.08 Å². The Balaban J connectivity index is 1.73. The quantitative estimate of drug-likeness (QED) is 0.263. The Morgan fingerprint density at radius 1 is 0.952 bits per heavy atom. The van der Waals surface area contributed by atoms with Crippen molar-refractivity contribution in [2.75, 3.05) is 14.2 Å². The maximum Gasteiger partial charge on any atom is 0.330 e. The van der Waals surface area contributed by atoms with E-state index in [9.17, 15) is 19.8 Å². The molecule has 1 unspecified atom stereocenters. The summed E-state index contributed by atoms with van der Waals surface area (Å²) >= 11 is 0. The molecule has 3 N–H and O–H groups in total. The van der Waals surface area contributed by atoms with Gasteiger partial charge in [-0.15, -0.1) is 0 Å². The molecule has 0 spiro atoms. The summed E-state index contributed by atoms with van der Waals surface area (Å²) in [6, 6.07) is 24.2. The number of hydrogen-bond donors (Lipinski definition) is 3. The largest absolute Gasteiger partial charge is 0.496 e. The first kappa shape index (κ1) is 29.1. The van der Waals surface area contributed by atoms with Gasteiger partial charge in [0.15, 0.2) is 0 Å². The summed E-state index contributed by atoms with van der Waals surface area (Å²) in [6.45, 7) is 1.76. The number of methoxy groups -OCH3 is 2. The number of aromatic amines is 1. The fourth-order valence-corrected chi connectivity index (χ4v) is 5.98. The van der Waals surface area contributed by atoms with Crippen LogP contribution in [-0.4, -0.2) is 52.3 Å². The van der Waals surface area contributed by atoms with Gasteiger partial charge in [-0.2, -0.15) is 0 Å². The van der Waals surface area contributed by atoms with E-state index in [2.05, 4.69) is 4.98 Å². The monoisotopic (exact) mass is 570 g/mol. The molecule has 42 heavy (non-hydrogen) atoms. The number of ether oxygens (including phenoxy) is 3. The summed E-state index contributed by atoms with van der Waals surface area (Å²) in [6.07, 6.45) is -0.00107. The van der Waals surface area contributed by atoms with Gasteiger partial charge in [-0.1, -0.05) is 78.9 Å². The predicted molar refractivity (Wildman–Crippen MR) is 159 cm³/mol. The van der Waals surface area contributed by atoms with Crippen LogP contribution in [0.15, 0.2) is 101 Å². The van der Waals surface area contributed by atoms with Crippen LogP contribution in [-0.2, 0) is 10.2 Å². The predicted octanol–water partition coefficient (Wildman–Crippen LogP) is 3.63. The fraction of sp³-hybridized carbons (Fsp3) is 0.273. The number of hydrogen-bond acceptors (Lipinski definition) is 7. The molecule has 0 saturated carbocycles. The van der Waals surface area contributed by atoms with Crippen LogP contribution in [0, 0.1) is 0 Å². The normalized spacial score (nSPS) is 19.6. The van der Waals surface area contributed by atoms with Gasteiger partial charge in [0.1, 0.15) is 29.9 Å². The second-order valence-corrected chi connectivity index (χ2v) is 10.1. The molecule has 4 aromatic rings. The Morgan fingerprint density at radius 2 is 1.52 bits per heavy atom. The second kappa shape index (κ2) is 12.2. The minimum atomic E-state index is -1.40. The van der Waals surface area contributed by atoms with Gasteiger partial charge in [-0.05, 0) is 24.6 Å². The first-order chi connectivity index (χ1) is 20.4. The van der Waals surface area contributed by atoms with Crippen molar-refractivity contribution in [1.82, 2.24) is 9.55 Å². The molecule has 2 heterocycles. The maximum atomic E-state index is 12.8. The van der Waals surface area contributed by atoms with Gasteiger partial charge in [0, 0.05) is 23.7 Å². The summed E-state index contributed by atoms with van der Waals surface area (Å²) in [5, 5.41) is 24.0. The van der Waals surface area contributed by atoms with E-state index in [1.165, 1.54) is 10.8 Å². The molecule has 1 fully saturated rings. The molecule has 0 bridgehead atoms. The fourth-order valence-electron chi connectivity index (χ4n) is 5.98. The second-order valence-electron chi connectivity index (χ2n) is 10.1. The molecule has 9 nitrogen and oxygen atoms in total. The van der Waals surface area contributed by atoms with Crippen molar-refractivity contribution in [3.05, 3.63) is 134 Å². The van der Waals surface area contributed by atoms with Crippen molar-refractivity contribution in [3.8, 4) is 11.5 Å². The Labute approximate surface area is 243 Å². The zero-order valence-electron chi connectivity index (χ0n) is 23.6. The van der Waals surface area contributed by atoms with E-state index < -0.39 is 41.2 Å². The lowest BCUT2D eigenvalue weighted by Crippen LogP contribution is -2.51. The highest BCUT2D eigenvalue weighted by molar-refractivity contribution is 5.60. The zero-order chi connectivity index (χ0) is 29.9. The first-order valence-electron chi connectivity index (χ1n) is 13.7. The Bertz CT molecular complexity index is 1630. The summed E-state index contributed by atoms with van der Waals surface area (Å²) in [4.78, 5) is 27.4. The van der Waals surface area contributed by atoms with Crippen molar-refractivity contribution in [2.24, 2.45) is 0 Å². The summed E-state index contributed by atoms with van der Waals surface area (Å²) in [5.41, 5.74) is -0.321. The van der Waals surface area contributed by atoms with Crippen LogP contribution in [0.4, 0.5) is 0 Å². The molecule has 0 amide bonds. The number of aromatic nitrogens is 2. The van der Waals surface area contributed by atoms with Crippen molar-refractivity contribution in [2.45, 2.75) is 43.3 Å². The number of nitrogens with zero attached hydrogens (tertiary/aromatic N) is 1. The number of aliphatic hydroxyl groups excluding tert-OH is 2. The van der Waals surface area contributed by atoms with Crippen LogP contribution < -0.4 is 20.7 Å². The van der Waals surface area contributed by atoms with E-state index in [0.717, 1.165) is 0 Å². The maximum absolute atomic E-state index is 12.8. The molecule has 5 rings (SSSR count). The number of H-pyrrole nitrogens is 1. The van der Waals surface area contributed by atoms with Gasteiger partial charge in [0.25, 0.3) is 5.56 Å². The Hall–Kier alpha value is -4.44. The van der Waals surface area contributed by atoms with Crippen molar-refractivity contribution in [1.29, 1.82) is 0 Å². The van der Waals surface area contributed by atoms with Crippen LogP contribution >= 0.6 is 0 Å². The summed E-state index contributed by atoms with van der Waals surface area (Å²) in [7, 11) is 3.12. The van der Waals surface area contributed by atoms with Crippen molar-refractivity contribution >= 4 is 6.08 Å². The summed E-state index contributed by atoms with van der Waals surface area (Å²) in [5.74, 6) is 1.03. The molecule has 0 radical (unpaired) electrons. The number of allylic oxidation sites excluding steroid dienone is 1. The minimum Gasteiger partial charge on any atom is -0.496 e. The van der Waals surface area contributed by atoms with E-state index >= 15 is 0 Å². The Kier molecular flexibility index (Phi) is 8.44. The molecule has 218 valence electrons. The van der Waals surface area contributed by atoms with Crippen LogP contribution in [0.2, 0.25) is 0 Å². The van der Waals surface area contributed by atoms with Crippen molar-refractivity contribution in [3.63, 3.8) is 0 Å². The molecule has 3 aromatic carbocycles. The molecular weight excluding hydrogens is 536 g/mol. The van der Waals surface area contributed by atoms with E-state index in [1.807, 2.05) is 78.9 Å².